The number of aliphatic hydroxyl groups is 1. The van der Waals surface area contributed by atoms with Gasteiger partial charge in [0.25, 0.3) is 5.91 Å². The number of aryl methyl sites for hydroxylation is 1. The maximum Gasteiger partial charge on any atom is 0.274 e. The average Bonchev–Trinajstić information content (AvgIpc) is 3.32. The third-order valence-electron chi connectivity index (χ3n) is 5.10. The number of aromatic nitrogens is 3. The smallest absolute Gasteiger partial charge is 0.274 e. The van der Waals surface area contributed by atoms with E-state index in [0.29, 0.717) is 35.8 Å². The first-order valence-electron chi connectivity index (χ1n) is 9.50. The number of nitrogens with one attached hydrogen (secondary N) is 1. The van der Waals surface area contributed by atoms with Gasteiger partial charge in [0.1, 0.15) is 5.82 Å². The summed E-state index contributed by atoms with van der Waals surface area (Å²) < 4.78 is 14.2. The second-order valence-electron chi connectivity index (χ2n) is 7.36. The van der Waals surface area contributed by atoms with Crippen molar-refractivity contribution in [1.82, 2.24) is 19.9 Å². The lowest BCUT2D eigenvalue weighted by Gasteiger charge is -2.18. The number of hydrogen-bond acceptors (Lipinski definition) is 7. The van der Waals surface area contributed by atoms with Gasteiger partial charge in [0, 0.05) is 36.7 Å². The monoisotopic (exact) mass is 415 g/mol. The van der Waals surface area contributed by atoms with Gasteiger partial charge in [0.2, 0.25) is 5.95 Å². The minimum atomic E-state index is -0.413. The third kappa shape index (κ3) is 4.06. The molecule has 152 valence electrons. The van der Waals surface area contributed by atoms with Gasteiger partial charge in [0.15, 0.2) is 5.69 Å². The van der Waals surface area contributed by atoms with E-state index in [-0.39, 0.29) is 24.5 Å². The van der Waals surface area contributed by atoms with Crippen LogP contribution in [0.3, 0.4) is 0 Å². The van der Waals surface area contributed by atoms with E-state index in [9.17, 15) is 14.3 Å². The van der Waals surface area contributed by atoms with Gasteiger partial charge in [-0.2, -0.15) is 0 Å². The average molecular weight is 415 g/mol. The number of fused-ring (bicyclic) bond motifs is 1. The summed E-state index contributed by atoms with van der Waals surface area (Å²) >= 11 is 1.49. The molecule has 0 aliphatic carbocycles. The zero-order valence-electron chi connectivity index (χ0n) is 16.2. The van der Waals surface area contributed by atoms with Gasteiger partial charge in [-0.05, 0) is 38.0 Å². The van der Waals surface area contributed by atoms with Crippen molar-refractivity contribution in [2.75, 3.05) is 25.0 Å². The summed E-state index contributed by atoms with van der Waals surface area (Å²) in [6.45, 7) is 5.03. The van der Waals surface area contributed by atoms with Crippen LogP contribution in [0.4, 0.5) is 10.3 Å². The first-order chi connectivity index (χ1) is 13.9. The van der Waals surface area contributed by atoms with Crippen molar-refractivity contribution in [3.8, 4) is 0 Å². The second-order valence-corrected chi connectivity index (χ2v) is 8.61. The second kappa shape index (κ2) is 8.00. The van der Waals surface area contributed by atoms with E-state index >= 15 is 0 Å². The van der Waals surface area contributed by atoms with Gasteiger partial charge >= 0.3 is 0 Å². The SMILES string of the molecule is Cc1cc2nc(NC(C)c3cncc(F)c3)nc(C(=O)N3CC[C@H](CO)C3)c2s1. The summed E-state index contributed by atoms with van der Waals surface area (Å²) in [5, 5.41) is 12.5. The molecular weight excluding hydrogens is 393 g/mol. The fraction of sp³-hybridized carbons (Fsp3) is 0.400. The maximum absolute atomic E-state index is 13.5. The standard InChI is InChI=1S/C20H22FN5O2S/c1-11-5-16-18(29-11)17(19(28)26-4-3-13(9-26)10-27)25-20(24-16)23-12(2)14-6-15(21)8-22-7-14/h5-8,12-13,27H,3-4,9-10H2,1-2H3,(H,23,24,25)/t12?,13-/m0/s1. The van der Waals surface area contributed by atoms with E-state index in [2.05, 4.69) is 20.3 Å². The quantitative estimate of drug-likeness (QED) is 0.665. The van der Waals surface area contributed by atoms with Crippen LogP contribution < -0.4 is 5.32 Å². The summed E-state index contributed by atoms with van der Waals surface area (Å²) in [4.78, 5) is 28.9. The van der Waals surface area contributed by atoms with Crippen LogP contribution in [0, 0.1) is 18.7 Å². The van der Waals surface area contributed by atoms with Crippen molar-refractivity contribution in [1.29, 1.82) is 0 Å². The Hall–Kier alpha value is -2.65. The Balaban J connectivity index is 1.66. The number of aliphatic hydroxyl groups excluding tert-OH is 1. The molecule has 29 heavy (non-hydrogen) atoms. The fourth-order valence-corrected chi connectivity index (χ4v) is 4.45. The van der Waals surface area contributed by atoms with Crippen LogP contribution in [0.5, 0.6) is 0 Å². The minimum absolute atomic E-state index is 0.0765. The Morgan fingerprint density at radius 3 is 2.97 bits per heavy atom. The highest BCUT2D eigenvalue weighted by Gasteiger charge is 2.29. The number of rotatable bonds is 5. The number of anilines is 1. The predicted octanol–water partition coefficient (Wildman–Crippen LogP) is 3.16. The van der Waals surface area contributed by atoms with E-state index in [0.717, 1.165) is 22.2 Å². The molecule has 1 amide bonds. The molecular formula is C20H22FN5O2S. The minimum Gasteiger partial charge on any atom is -0.396 e. The Labute approximate surface area is 171 Å². The zero-order valence-corrected chi connectivity index (χ0v) is 17.0. The lowest BCUT2D eigenvalue weighted by atomic mass is 10.1. The summed E-state index contributed by atoms with van der Waals surface area (Å²) in [5.41, 5.74) is 1.72. The third-order valence-corrected chi connectivity index (χ3v) is 6.15. The predicted molar refractivity (Wildman–Crippen MR) is 109 cm³/mol. The first kappa shape index (κ1) is 19.7. The van der Waals surface area contributed by atoms with E-state index in [1.54, 1.807) is 11.1 Å². The van der Waals surface area contributed by atoms with Crippen molar-refractivity contribution in [3.05, 3.63) is 46.5 Å². The van der Waals surface area contributed by atoms with Gasteiger partial charge in [-0.15, -0.1) is 11.3 Å². The molecule has 2 atom stereocenters. The molecule has 1 saturated heterocycles. The highest BCUT2D eigenvalue weighted by molar-refractivity contribution is 7.19. The molecule has 0 spiro atoms. The van der Waals surface area contributed by atoms with Crippen molar-refractivity contribution in [3.63, 3.8) is 0 Å². The summed E-state index contributed by atoms with van der Waals surface area (Å²) in [7, 11) is 0. The van der Waals surface area contributed by atoms with Gasteiger partial charge in [-0.1, -0.05) is 0 Å². The van der Waals surface area contributed by atoms with Crippen molar-refractivity contribution < 1.29 is 14.3 Å². The van der Waals surface area contributed by atoms with Crippen LogP contribution in [0.25, 0.3) is 10.2 Å². The van der Waals surface area contributed by atoms with Crippen LogP contribution in [0.15, 0.2) is 24.5 Å². The van der Waals surface area contributed by atoms with Crippen molar-refractivity contribution in [2.45, 2.75) is 26.3 Å². The lowest BCUT2D eigenvalue weighted by molar-refractivity contribution is 0.0778. The Morgan fingerprint density at radius 1 is 1.41 bits per heavy atom. The van der Waals surface area contributed by atoms with E-state index < -0.39 is 5.82 Å². The number of amides is 1. The van der Waals surface area contributed by atoms with Gasteiger partial charge in [0.05, 0.1) is 22.5 Å². The molecule has 1 aliphatic rings. The molecule has 1 unspecified atom stereocenters. The fourth-order valence-electron chi connectivity index (χ4n) is 3.52. The van der Waals surface area contributed by atoms with Gasteiger partial charge in [-0.3, -0.25) is 9.78 Å². The van der Waals surface area contributed by atoms with Crippen LogP contribution in [0.1, 0.15) is 40.3 Å². The molecule has 7 nitrogen and oxygen atoms in total. The van der Waals surface area contributed by atoms with Crippen LogP contribution in [0.2, 0.25) is 0 Å². The number of pyridine rings is 1. The van der Waals surface area contributed by atoms with Crippen molar-refractivity contribution in [2.24, 2.45) is 5.92 Å². The maximum atomic E-state index is 13.5. The number of thiophene rings is 1. The topological polar surface area (TPSA) is 91.2 Å². The number of carbonyl (C=O) groups is 1. The summed E-state index contributed by atoms with van der Waals surface area (Å²) in [6.07, 6.45) is 3.52. The molecule has 0 saturated carbocycles. The molecule has 4 rings (SSSR count). The molecule has 0 bridgehead atoms. The molecule has 2 N–H and O–H groups in total. The number of likely N-dealkylation sites (tertiary alicyclic amines) is 1. The Bertz CT molecular complexity index is 1060. The highest BCUT2D eigenvalue weighted by atomic mass is 32.1. The van der Waals surface area contributed by atoms with E-state index in [1.807, 2.05) is 19.9 Å². The number of halogens is 1. The van der Waals surface area contributed by atoms with Crippen LogP contribution in [-0.2, 0) is 0 Å². The first-order valence-corrected chi connectivity index (χ1v) is 10.3. The van der Waals surface area contributed by atoms with E-state index in [1.165, 1.54) is 17.4 Å². The van der Waals surface area contributed by atoms with Crippen LogP contribution >= 0.6 is 11.3 Å². The number of hydrogen-bond donors (Lipinski definition) is 2. The normalized spacial score (nSPS) is 17.7. The number of nitrogens with zero attached hydrogens (tertiary/aromatic N) is 4. The molecule has 9 heteroatoms. The molecule has 1 fully saturated rings. The van der Waals surface area contributed by atoms with Gasteiger partial charge in [-0.25, -0.2) is 14.4 Å². The molecule has 3 aromatic rings. The molecule has 0 radical (unpaired) electrons. The zero-order chi connectivity index (χ0) is 20.5. The Kier molecular flexibility index (Phi) is 5.42. The number of carbonyl (C=O) groups excluding carboxylic acids is 1. The van der Waals surface area contributed by atoms with Crippen molar-refractivity contribution >= 4 is 33.4 Å². The van der Waals surface area contributed by atoms with Gasteiger partial charge < -0.3 is 15.3 Å². The molecule has 1 aliphatic heterocycles. The largest absolute Gasteiger partial charge is 0.396 e. The summed E-state index contributed by atoms with van der Waals surface area (Å²) in [5.74, 6) is -0.143. The Morgan fingerprint density at radius 2 is 2.24 bits per heavy atom. The summed E-state index contributed by atoms with van der Waals surface area (Å²) in [6, 6.07) is 3.05. The highest BCUT2D eigenvalue weighted by Crippen LogP contribution is 2.30. The van der Waals surface area contributed by atoms with E-state index in [4.69, 9.17) is 0 Å². The lowest BCUT2D eigenvalue weighted by Crippen LogP contribution is -2.30. The molecule has 0 aromatic carbocycles. The van der Waals surface area contributed by atoms with Crippen LogP contribution in [-0.4, -0.2) is 50.6 Å². The molecule has 3 aromatic heterocycles. The molecule has 4 heterocycles.